The second-order valence-electron chi connectivity index (χ2n) is 5.92. The molecular weight excluding hydrogens is 343 g/mol. The summed E-state index contributed by atoms with van der Waals surface area (Å²) in [6.07, 6.45) is 2.45. The number of carboxylic acids is 1. The van der Waals surface area contributed by atoms with Crippen molar-refractivity contribution < 1.29 is 14.3 Å². The third-order valence-electron chi connectivity index (χ3n) is 4.23. The number of carboxylic acid groups (broad SMARTS) is 1. The van der Waals surface area contributed by atoms with Crippen molar-refractivity contribution in [1.82, 2.24) is 9.55 Å². The summed E-state index contributed by atoms with van der Waals surface area (Å²) in [7, 11) is 0. The number of nitrogens with zero attached hydrogens (tertiary/aromatic N) is 2. The number of hydrogen-bond donors (Lipinski definition) is 1. The fourth-order valence-electron chi connectivity index (χ4n) is 3.04. The van der Waals surface area contributed by atoms with Crippen LogP contribution in [0, 0.1) is 5.82 Å². The fraction of sp³-hybridized carbons (Fsp3) is 0.263. The molecule has 2 aromatic carbocycles. The number of imidazole rings is 1. The van der Waals surface area contributed by atoms with E-state index < -0.39 is 5.97 Å². The Hall–Kier alpha value is -2.40. The second kappa shape index (κ2) is 7.23. The lowest BCUT2D eigenvalue weighted by atomic mass is 10.0. The highest BCUT2D eigenvalue weighted by atomic mass is 35.5. The van der Waals surface area contributed by atoms with Gasteiger partial charge in [-0.15, -0.1) is 0 Å². The van der Waals surface area contributed by atoms with Crippen molar-refractivity contribution in [2.24, 2.45) is 0 Å². The summed E-state index contributed by atoms with van der Waals surface area (Å²) in [4.78, 5) is 15.9. The Morgan fingerprint density at radius 2 is 2.00 bits per heavy atom. The van der Waals surface area contributed by atoms with E-state index in [0.717, 1.165) is 18.2 Å². The number of halogens is 2. The van der Waals surface area contributed by atoms with Crippen LogP contribution in [0.5, 0.6) is 0 Å². The monoisotopic (exact) mass is 360 g/mol. The first-order valence-electron chi connectivity index (χ1n) is 8.17. The van der Waals surface area contributed by atoms with E-state index in [1.807, 2.05) is 25.1 Å². The lowest BCUT2D eigenvalue weighted by molar-refractivity contribution is 0.0685. The van der Waals surface area contributed by atoms with Gasteiger partial charge >= 0.3 is 5.97 Å². The molecule has 4 nitrogen and oxygen atoms in total. The molecule has 1 heterocycles. The number of fused-ring (bicyclic) bond motifs is 1. The molecule has 0 unspecified atom stereocenters. The van der Waals surface area contributed by atoms with Gasteiger partial charge in [-0.25, -0.2) is 14.2 Å². The lowest BCUT2D eigenvalue weighted by Gasteiger charge is -2.13. The second-order valence-corrected chi connectivity index (χ2v) is 6.28. The van der Waals surface area contributed by atoms with E-state index in [9.17, 15) is 14.3 Å². The highest BCUT2D eigenvalue weighted by Crippen LogP contribution is 2.26. The summed E-state index contributed by atoms with van der Waals surface area (Å²) in [6.45, 7) is 2.26. The molecule has 25 heavy (non-hydrogen) atoms. The summed E-state index contributed by atoms with van der Waals surface area (Å²) < 4.78 is 15.9. The van der Waals surface area contributed by atoms with Gasteiger partial charge in [0.15, 0.2) is 10.8 Å². The number of aromatic nitrogens is 2. The first kappa shape index (κ1) is 17.4. The molecule has 0 radical (unpaired) electrons. The molecule has 0 bridgehead atoms. The highest BCUT2D eigenvalue weighted by Gasteiger charge is 2.22. The molecule has 130 valence electrons. The third-order valence-corrected chi connectivity index (χ3v) is 4.49. The van der Waals surface area contributed by atoms with Gasteiger partial charge in [-0.3, -0.25) is 0 Å². The minimum absolute atomic E-state index is 0.0284. The first-order chi connectivity index (χ1) is 12.0. The molecule has 0 aliphatic heterocycles. The van der Waals surface area contributed by atoms with E-state index in [0.29, 0.717) is 23.2 Å². The number of aromatic carboxylic acids is 1. The van der Waals surface area contributed by atoms with Crippen LogP contribution in [0.15, 0.2) is 36.4 Å². The highest BCUT2D eigenvalue weighted by molar-refractivity contribution is 6.32. The molecule has 0 amide bonds. The number of carbonyl (C=O) groups is 1. The van der Waals surface area contributed by atoms with Crippen molar-refractivity contribution in [1.29, 1.82) is 0 Å². The van der Waals surface area contributed by atoms with Gasteiger partial charge in [-0.2, -0.15) is 0 Å². The van der Waals surface area contributed by atoms with Crippen molar-refractivity contribution in [3.8, 4) is 0 Å². The van der Waals surface area contributed by atoms with Gasteiger partial charge in [-0.1, -0.05) is 55.3 Å². The molecule has 6 heteroatoms. The molecule has 1 aromatic heterocycles. The predicted octanol–water partition coefficient (Wildman–Crippen LogP) is 4.92. The van der Waals surface area contributed by atoms with Crippen LogP contribution < -0.4 is 0 Å². The molecule has 3 rings (SSSR count). The number of aryl methyl sites for hydroxylation is 1. The van der Waals surface area contributed by atoms with Gasteiger partial charge in [0.25, 0.3) is 0 Å². The van der Waals surface area contributed by atoms with E-state index in [4.69, 9.17) is 11.6 Å². The van der Waals surface area contributed by atoms with E-state index >= 15 is 0 Å². The Morgan fingerprint density at radius 3 is 2.68 bits per heavy atom. The SMILES string of the molecule is CCCCc1nc(Cl)c(C(=O)O)n1Cc1cccc2cccc(F)c12. The van der Waals surface area contributed by atoms with Crippen LogP contribution in [-0.2, 0) is 13.0 Å². The average molecular weight is 361 g/mol. The normalized spacial score (nSPS) is 11.2. The maximum Gasteiger partial charge on any atom is 0.355 e. The summed E-state index contributed by atoms with van der Waals surface area (Å²) in [5, 5.41) is 10.8. The smallest absolute Gasteiger partial charge is 0.355 e. The zero-order valence-electron chi connectivity index (χ0n) is 13.8. The Balaban J connectivity index is 2.13. The minimum Gasteiger partial charge on any atom is -0.476 e. The van der Waals surface area contributed by atoms with Crippen LogP contribution in [0.3, 0.4) is 0 Å². The zero-order valence-corrected chi connectivity index (χ0v) is 14.6. The molecule has 0 fully saturated rings. The Bertz CT molecular complexity index is 931. The molecule has 0 aliphatic rings. The standard InChI is InChI=1S/C19H18ClFN2O2/c1-2-3-10-15-22-18(20)17(19(24)25)23(15)11-13-8-4-6-12-7-5-9-14(21)16(12)13/h4-9H,2-3,10-11H2,1H3,(H,24,25). The number of hydrogen-bond acceptors (Lipinski definition) is 2. The molecule has 1 N–H and O–H groups in total. The zero-order chi connectivity index (χ0) is 18.0. The van der Waals surface area contributed by atoms with Gasteiger partial charge < -0.3 is 9.67 Å². The van der Waals surface area contributed by atoms with Crippen molar-refractivity contribution in [2.45, 2.75) is 32.7 Å². The van der Waals surface area contributed by atoms with Crippen LogP contribution in [0.4, 0.5) is 4.39 Å². The van der Waals surface area contributed by atoms with Gasteiger partial charge in [0, 0.05) is 11.8 Å². The topological polar surface area (TPSA) is 55.1 Å². The summed E-state index contributed by atoms with van der Waals surface area (Å²) in [5.74, 6) is -0.857. The molecule has 0 aliphatic carbocycles. The molecule has 0 atom stereocenters. The van der Waals surface area contributed by atoms with Crippen LogP contribution in [0.1, 0.15) is 41.6 Å². The largest absolute Gasteiger partial charge is 0.476 e. The Kier molecular flexibility index (Phi) is 5.04. The third kappa shape index (κ3) is 3.37. The molecule has 0 spiro atoms. The van der Waals surface area contributed by atoms with Crippen molar-refractivity contribution in [3.05, 3.63) is 64.5 Å². The molecule has 0 saturated carbocycles. The quantitative estimate of drug-likeness (QED) is 0.679. The lowest BCUT2D eigenvalue weighted by Crippen LogP contribution is -2.13. The summed E-state index contributed by atoms with van der Waals surface area (Å²) in [6, 6.07) is 10.4. The van der Waals surface area contributed by atoms with Crippen LogP contribution in [0.25, 0.3) is 10.8 Å². The van der Waals surface area contributed by atoms with E-state index in [-0.39, 0.29) is 23.2 Å². The Morgan fingerprint density at radius 1 is 1.28 bits per heavy atom. The molecule has 3 aromatic rings. The molecular formula is C19H18ClFN2O2. The minimum atomic E-state index is -1.14. The van der Waals surface area contributed by atoms with Crippen LogP contribution >= 0.6 is 11.6 Å². The van der Waals surface area contributed by atoms with E-state index in [1.165, 1.54) is 6.07 Å². The Labute approximate surface area is 149 Å². The van der Waals surface area contributed by atoms with Gasteiger partial charge in [0.2, 0.25) is 0 Å². The fourth-order valence-corrected chi connectivity index (χ4v) is 3.32. The first-order valence-corrected chi connectivity index (χ1v) is 8.55. The summed E-state index contributed by atoms with van der Waals surface area (Å²) >= 11 is 6.05. The maximum absolute atomic E-state index is 14.3. The molecule has 0 saturated heterocycles. The predicted molar refractivity (Wildman–Crippen MR) is 95.8 cm³/mol. The van der Waals surface area contributed by atoms with E-state index in [2.05, 4.69) is 4.98 Å². The van der Waals surface area contributed by atoms with Crippen LogP contribution in [0.2, 0.25) is 5.15 Å². The number of unbranched alkanes of at least 4 members (excludes halogenated alkanes) is 1. The van der Waals surface area contributed by atoms with Crippen molar-refractivity contribution in [3.63, 3.8) is 0 Å². The van der Waals surface area contributed by atoms with Gasteiger partial charge in [-0.05, 0) is 23.4 Å². The maximum atomic E-state index is 14.3. The van der Waals surface area contributed by atoms with Crippen molar-refractivity contribution in [2.75, 3.05) is 0 Å². The summed E-state index contributed by atoms with van der Waals surface area (Å²) in [5.41, 5.74) is 0.644. The van der Waals surface area contributed by atoms with Gasteiger partial charge in [0.1, 0.15) is 11.6 Å². The van der Waals surface area contributed by atoms with Gasteiger partial charge in [0.05, 0.1) is 6.54 Å². The van der Waals surface area contributed by atoms with Crippen molar-refractivity contribution >= 4 is 28.3 Å². The van der Waals surface area contributed by atoms with Crippen LogP contribution in [-0.4, -0.2) is 20.6 Å². The average Bonchev–Trinajstić information content (AvgIpc) is 2.88. The van der Waals surface area contributed by atoms with E-state index in [1.54, 1.807) is 16.7 Å². The number of rotatable bonds is 6. The number of benzene rings is 2.